The van der Waals surface area contributed by atoms with E-state index in [1.54, 1.807) is 0 Å². The predicted molar refractivity (Wildman–Crippen MR) is 133 cm³/mol. The largest absolute Gasteiger partial charge is 0.481 e. The van der Waals surface area contributed by atoms with Crippen molar-refractivity contribution in [3.05, 3.63) is 59.7 Å². The molecule has 0 spiro atoms. The molecular weight excluding hydrogens is 444 g/mol. The molecule has 7 heteroatoms. The number of rotatable bonds is 9. The van der Waals surface area contributed by atoms with Crippen LogP contribution in [0.4, 0.5) is 4.79 Å². The summed E-state index contributed by atoms with van der Waals surface area (Å²) in [7, 11) is 0. The minimum atomic E-state index is -0.838. The Bertz CT molecular complexity index is 1020. The van der Waals surface area contributed by atoms with Crippen LogP contribution in [0, 0.1) is 11.8 Å². The molecule has 2 aromatic rings. The number of amides is 2. The second-order valence-electron chi connectivity index (χ2n) is 9.75. The van der Waals surface area contributed by atoms with E-state index in [1.165, 1.54) is 22.3 Å². The van der Waals surface area contributed by atoms with Crippen LogP contribution in [-0.4, -0.2) is 42.3 Å². The fourth-order valence-corrected chi connectivity index (χ4v) is 5.35. The number of carbonyl (C=O) groups excluding carboxylic acids is 2. The number of ether oxygens (including phenoxy) is 1. The molecule has 35 heavy (non-hydrogen) atoms. The number of carbonyl (C=O) groups is 3. The standard InChI is InChI=1S/C28H34N2O5/c1-18(16-26(31)30-25-13-7-6-12-23(25)27(32)33)14-15-29-28(34)35-17-24-21-10-4-2-8-19(21)20-9-3-5-11-22(20)24/h2-5,8-11,18,23-25H,6-7,12-17H2,1H3,(H,29,34)(H,30,31)(H,32,33)/t18?,23-,25+/m0/s1. The number of nitrogens with one attached hydrogen (secondary N) is 2. The Labute approximate surface area is 206 Å². The number of alkyl carbamates (subject to hydrolysis) is 1. The van der Waals surface area contributed by atoms with Crippen molar-refractivity contribution in [3.63, 3.8) is 0 Å². The van der Waals surface area contributed by atoms with Crippen molar-refractivity contribution in [1.29, 1.82) is 0 Å². The van der Waals surface area contributed by atoms with Crippen molar-refractivity contribution < 1.29 is 24.2 Å². The molecule has 2 aliphatic rings. The van der Waals surface area contributed by atoms with Gasteiger partial charge >= 0.3 is 12.1 Å². The molecule has 0 aliphatic heterocycles. The lowest BCUT2D eigenvalue weighted by atomic mass is 9.84. The highest BCUT2D eigenvalue weighted by molar-refractivity contribution is 5.79. The van der Waals surface area contributed by atoms with Gasteiger partial charge in [-0.3, -0.25) is 9.59 Å². The summed E-state index contributed by atoms with van der Waals surface area (Å²) in [5, 5.41) is 15.1. The summed E-state index contributed by atoms with van der Waals surface area (Å²) < 4.78 is 5.55. The molecule has 3 atom stereocenters. The molecule has 4 rings (SSSR count). The van der Waals surface area contributed by atoms with Gasteiger partial charge in [0.05, 0.1) is 5.92 Å². The van der Waals surface area contributed by atoms with Gasteiger partial charge in [-0.15, -0.1) is 0 Å². The fourth-order valence-electron chi connectivity index (χ4n) is 5.35. The summed E-state index contributed by atoms with van der Waals surface area (Å²) in [6.07, 6.45) is 3.62. The first-order valence-electron chi connectivity index (χ1n) is 12.5. The highest BCUT2D eigenvalue weighted by Gasteiger charge is 2.32. The van der Waals surface area contributed by atoms with E-state index in [9.17, 15) is 19.5 Å². The lowest BCUT2D eigenvalue weighted by Crippen LogP contribution is -2.45. The molecule has 0 bridgehead atoms. The van der Waals surface area contributed by atoms with Gasteiger partial charge in [0.1, 0.15) is 6.61 Å². The lowest BCUT2D eigenvalue weighted by Gasteiger charge is -2.29. The van der Waals surface area contributed by atoms with Crippen LogP contribution >= 0.6 is 0 Å². The van der Waals surface area contributed by atoms with E-state index < -0.39 is 18.0 Å². The maximum Gasteiger partial charge on any atom is 0.407 e. The van der Waals surface area contributed by atoms with Crippen LogP contribution in [0.3, 0.4) is 0 Å². The van der Waals surface area contributed by atoms with Crippen LogP contribution in [0.1, 0.15) is 62.5 Å². The van der Waals surface area contributed by atoms with E-state index in [4.69, 9.17) is 4.74 Å². The monoisotopic (exact) mass is 478 g/mol. The average molecular weight is 479 g/mol. The number of aliphatic carboxylic acids is 1. The number of hydrogen-bond donors (Lipinski definition) is 3. The Morgan fingerprint density at radius 1 is 1.00 bits per heavy atom. The minimum Gasteiger partial charge on any atom is -0.481 e. The smallest absolute Gasteiger partial charge is 0.407 e. The van der Waals surface area contributed by atoms with Gasteiger partial charge in [-0.25, -0.2) is 4.79 Å². The van der Waals surface area contributed by atoms with Crippen molar-refractivity contribution in [3.8, 4) is 11.1 Å². The topological polar surface area (TPSA) is 105 Å². The van der Waals surface area contributed by atoms with Crippen molar-refractivity contribution in [2.75, 3.05) is 13.2 Å². The van der Waals surface area contributed by atoms with E-state index >= 15 is 0 Å². The number of carboxylic acids is 1. The molecule has 7 nitrogen and oxygen atoms in total. The molecule has 0 aromatic heterocycles. The summed E-state index contributed by atoms with van der Waals surface area (Å²) in [5.41, 5.74) is 4.72. The number of carboxylic acid groups (broad SMARTS) is 1. The van der Waals surface area contributed by atoms with Crippen molar-refractivity contribution in [2.45, 2.75) is 57.4 Å². The van der Waals surface area contributed by atoms with Crippen LogP contribution in [0.15, 0.2) is 48.5 Å². The Hall–Kier alpha value is -3.35. The van der Waals surface area contributed by atoms with Crippen LogP contribution in [0.25, 0.3) is 11.1 Å². The summed E-state index contributed by atoms with van der Waals surface area (Å²) in [6.45, 7) is 2.63. The lowest BCUT2D eigenvalue weighted by molar-refractivity contribution is -0.144. The first kappa shape index (κ1) is 24.8. The Morgan fingerprint density at radius 2 is 1.63 bits per heavy atom. The van der Waals surface area contributed by atoms with E-state index in [-0.39, 0.29) is 30.4 Å². The SMILES string of the molecule is CC(CCNC(=O)OCC1c2ccccc2-c2ccccc21)CC(=O)N[C@@H]1CCCC[C@@H]1C(=O)O. The molecule has 2 aliphatic carbocycles. The second kappa shape index (κ2) is 11.4. The molecule has 0 saturated heterocycles. The average Bonchev–Trinajstić information content (AvgIpc) is 3.16. The second-order valence-corrected chi connectivity index (χ2v) is 9.75. The summed E-state index contributed by atoms with van der Waals surface area (Å²) in [5.74, 6) is -1.40. The third-order valence-corrected chi connectivity index (χ3v) is 7.21. The van der Waals surface area contributed by atoms with E-state index in [0.29, 0.717) is 32.2 Å². The molecule has 1 unspecified atom stereocenters. The molecule has 2 aromatic carbocycles. The number of fused-ring (bicyclic) bond motifs is 3. The van der Waals surface area contributed by atoms with E-state index in [1.807, 2.05) is 31.2 Å². The van der Waals surface area contributed by atoms with Crippen molar-refractivity contribution in [1.82, 2.24) is 10.6 Å². The van der Waals surface area contributed by atoms with Gasteiger partial charge in [0.2, 0.25) is 5.91 Å². The molecule has 0 radical (unpaired) electrons. The Kier molecular flexibility index (Phi) is 8.06. The van der Waals surface area contributed by atoms with Gasteiger partial charge in [-0.05, 0) is 47.4 Å². The van der Waals surface area contributed by atoms with Gasteiger partial charge in [-0.1, -0.05) is 68.3 Å². The number of hydrogen-bond acceptors (Lipinski definition) is 4. The van der Waals surface area contributed by atoms with Gasteiger partial charge < -0.3 is 20.5 Å². The summed E-state index contributed by atoms with van der Waals surface area (Å²) in [4.78, 5) is 36.2. The molecule has 186 valence electrons. The molecule has 3 N–H and O–H groups in total. The van der Waals surface area contributed by atoms with Crippen molar-refractivity contribution in [2.24, 2.45) is 11.8 Å². The van der Waals surface area contributed by atoms with Crippen LogP contribution in [-0.2, 0) is 14.3 Å². The molecule has 0 heterocycles. The highest BCUT2D eigenvalue weighted by Crippen LogP contribution is 2.44. The normalized spacial score (nSPS) is 19.8. The Balaban J connectivity index is 1.19. The molecule has 1 saturated carbocycles. The van der Waals surface area contributed by atoms with Gasteiger partial charge in [-0.2, -0.15) is 0 Å². The molecular formula is C28H34N2O5. The van der Waals surface area contributed by atoms with Crippen LogP contribution in [0.5, 0.6) is 0 Å². The summed E-state index contributed by atoms with van der Waals surface area (Å²) in [6, 6.07) is 16.1. The molecule has 2 amide bonds. The maximum atomic E-state index is 12.4. The fraction of sp³-hybridized carbons (Fsp3) is 0.464. The zero-order valence-electron chi connectivity index (χ0n) is 20.2. The van der Waals surface area contributed by atoms with Gasteiger partial charge in [0.25, 0.3) is 0 Å². The first-order chi connectivity index (χ1) is 16.9. The minimum absolute atomic E-state index is 0.0187. The zero-order valence-corrected chi connectivity index (χ0v) is 20.2. The maximum absolute atomic E-state index is 12.4. The quantitative estimate of drug-likeness (QED) is 0.485. The van der Waals surface area contributed by atoms with E-state index in [0.717, 1.165) is 12.8 Å². The molecule has 1 fully saturated rings. The Morgan fingerprint density at radius 3 is 2.29 bits per heavy atom. The van der Waals surface area contributed by atoms with Crippen LogP contribution < -0.4 is 10.6 Å². The first-order valence-corrected chi connectivity index (χ1v) is 12.5. The zero-order chi connectivity index (χ0) is 24.8. The van der Waals surface area contributed by atoms with E-state index in [2.05, 4.69) is 34.9 Å². The van der Waals surface area contributed by atoms with Gasteiger partial charge in [0.15, 0.2) is 0 Å². The van der Waals surface area contributed by atoms with Crippen LogP contribution in [0.2, 0.25) is 0 Å². The number of benzene rings is 2. The highest BCUT2D eigenvalue weighted by atomic mass is 16.5. The third kappa shape index (κ3) is 6.02. The van der Waals surface area contributed by atoms with Crippen molar-refractivity contribution >= 4 is 18.0 Å². The summed E-state index contributed by atoms with van der Waals surface area (Å²) >= 11 is 0. The van der Waals surface area contributed by atoms with Gasteiger partial charge in [0, 0.05) is 24.9 Å². The predicted octanol–water partition coefficient (Wildman–Crippen LogP) is 4.70. The third-order valence-electron chi connectivity index (χ3n) is 7.21.